The van der Waals surface area contributed by atoms with E-state index >= 15 is 0 Å². The summed E-state index contributed by atoms with van der Waals surface area (Å²) in [5, 5.41) is 7.24. The van der Waals surface area contributed by atoms with Gasteiger partial charge in [0.15, 0.2) is 0 Å². The smallest absolute Gasteiger partial charge is 0.252 e. The highest BCUT2D eigenvalue weighted by molar-refractivity contribution is 5.92. The van der Waals surface area contributed by atoms with E-state index in [1.165, 1.54) is 12.8 Å². The fourth-order valence-electron chi connectivity index (χ4n) is 3.36. The molecular weight excluding hydrogens is 306 g/mol. The minimum atomic E-state index is -0.0824. The Morgan fingerprint density at radius 3 is 2.71 bits per heavy atom. The summed E-state index contributed by atoms with van der Waals surface area (Å²) in [5.74, 6) is 1.52. The summed E-state index contributed by atoms with van der Waals surface area (Å²) in [4.78, 5) is 21.5. The fourth-order valence-corrected chi connectivity index (χ4v) is 3.36. The first kappa shape index (κ1) is 15.3. The van der Waals surface area contributed by atoms with Gasteiger partial charge in [0.2, 0.25) is 5.91 Å². The summed E-state index contributed by atoms with van der Waals surface area (Å²) < 4.78 is 7.34. The van der Waals surface area contributed by atoms with Crippen LogP contribution < -0.4 is 5.32 Å². The molecule has 1 N–H and O–H groups in total. The molecule has 4 rings (SSSR count). The van der Waals surface area contributed by atoms with E-state index in [0.29, 0.717) is 24.3 Å². The largest absolute Gasteiger partial charge is 0.377 e. The molecule has 0 spiro atoms. The zero-order valence-corrected chi connectivity index (χ0v) is 13.9. The Hall–Kier alpha value is -2.28. The number of nitrogens with zero attached hydrogens (tertiary/aromatic N) is 4. The Balaban J connectivity index is 1.55. The van der Waals surface area contributed by atoms with Crippen LogP contribution in [0.25, 0.3) is 5.95 Å². The van der Waals surface area contributed by atoms with Gasteiger partial charge in [0, 0.05) is 24.1 Å². The molecule has 7 heteroatoms. The highest BCUT2D eigenvalue weighted by Crippen LogP contribution is 2.41. The predicted octanol–water partition coefficient (Wildman–Crippen LogP) is 2.03. The Bertz CT molecular complexity index is 748. The lowest BCUT2D eigenvalue weighted by Crippen LogP contribution is -2.31. The molecule has 1 saturated heterocycles. The Kier molecular flexibility index (Phi) is 3.80. The molecule has 2 fully saturated rings. The summed E-state index contributed by atoms with van der Waals surface area (Å²) in [5.41, 5.74) is 1.73. The molecule has 2 aliphatic rings. The van der Waals surface area contributed by atoms with Crippen molar-refractivity contribution in [3.63, 3.8) is 0 Å². The van der Waals surface area contributed by atoms with Crippen LogP contribution in [0.3, 0.4) is 0 Å². The van der Waals surface area contributed by atoms with Gasteiger partial charge in [0.25, 0.3) is 5.95 Å². The van der Waals surface area contributed by atoms with Crippen LogP contribution in [0.4, 0.5) is 5.82 Å². The third-order valence-corrected chi connectivity index (χ3v) is 4.61. The number of hydrogen-bond acceptors (Lipinski definition) is 5. The van der Waals surface area contributed by atoms with Gasteiger partial charge in [-0.1, -0.05) is 0 Å². The topological polar surface area (TPSA) is 81.9 Å². The fraction of sp³-hybridized carbons (Fsp3) is 0.529. The van der Waals surface area contributed by atoms with E-state index in [2.05, 4.69) is 20.4 Å². The summed E-state index contributed by atoms with van der Waals surface area (Å²) in [6.45, 7) is 4.49. The van der Waals surface area contributed by atoms with Crippen molar-refractivity contribution >= 4 is 11.7 Å². The van der Waals surface area contributed by atoms with Crippen LogP contribution in [0.5, 0.6) is 0 Å². The predicted molar refractivity (Wildman–Crippen MR) is 87.8 cm³/mol. The van der Waals surface area contributed by atoms with Crippen LogP contribution in [0.1, 0.15) is 30.7 Å². The van der Waals surface area contributed by atoms with E-state index in [0.717, 1.165) is 17.8 Å². The lowest BCUT2D eigenvalue weighted by atomic mass is 9.97. The van der Waals surface area contributed by atoms with E-state index in [1.807, 2.05) is 19.9 Å². The highest BCUT2D eigenvalue weighted by atomic mass is 16.5. The zero-order chi connectivity index (χ0) is 16.7. The maximum absolute atomic E-state index is 12.7. The molecule has 1 saturated carbocycles. The van der Waals surface area contributed by atoms with Crippen LogP contribution in [-0.2, 0) is 9.53 Å². The average Bonchev–Trinajstić information content (AvgIpc) is 3.08. The third kappa shape index (κ3) is 2.91. The van der Waals surface area contributed by atoms with Gasteiger partial charge in [-0.15, -0.1) is 0 Å². The molecule has 0 bridgehead atoms. The zero-order valence-electron chi connectivity index (χ0n) is 13.9. The summed E-state index contributed by atoms with van der Waals surface area (Å²) in [7, 11) is 0. The molecule has 1 aliphatic heterocycles. The maximum Gasteiger partial charge on any atom is 0.252 e. The van der Waals surface area contributed by atoms with E-state index in [-0.39, 0.29) is 17.9 Å². The van der Waals surface area contributed by atoms with Gasteiger partial charge in [-0.2, -0.15) is 9.78 Å². The number of rotatable bonds is 4. The number of carbonyl (C=O) groups excluding carboxylic acids is 1. The molecule has 24 heavy (non-hydrogen) atoms. The van der Waals surface area contributed by atoms with Crippen molar-refractivity contribution in [2.75, 3.05) is 11.9 Å². The number of aromatic nitrogens is 4. The molecule has 2 aromatic heterocycles. The lowest BCUT2D eigenvalue weighted by molar-refractivity contribution is -0.121. The lowest BCUT2D eigenvalue weighted by Gasteiger charge is -2.17. The number of nitrogens with one attached hydrogen (secondary N) is 1. The van der Waals surface area contributed by atoms with Gasteiger partial charge in [0.05, 0.1) is 18.2 Å². The van der Waals surface area contributed by atoms with Gasteiger partial charge in [-0.3, -0.25) is 4.79 Å². The third-order valence-electron chi connectivity index (χ3n) is 4.61. The van der Waals surface area contributed by atoms with Crippen molar-refractivity contribution in [3.05, 3.63) is 29.7 Å². The van der Waals surface area contributed by atoms with Gasteiger partial charge in [-0.25, -0.2) is 9.97 Å². The van der Waals surface area contributed by atoms with Crippen LogP contribution in [-0.4, -0.2) is 38.4 Å². The summed E-state index contributed by atoms with van der Waals surface area (Å²) in [6.07, 6.45) is 4.83. The van der Waals surface area contributed by atoms with Crippen molar-refractivity contribution in [2.45, 2.75) is 39.2 Å². The summed E-state index contributed by atoms with van der Waals surface area (Å²) >= 11 is 0. The second-order valence-corrected chi connectivity index (χ2v) is 6.64. The standard InChI is InChI=1S/C17H21N5O2/c1-10-9-11(2)20-17(19-10)22-14(5-7-18-22)21-16(23)13-6-8-24-15(13)12-3-4-12/h5,7,9,12-13,15H,3-4,6,8H2,1-2H3,(H,21,23)/t13-,15+/m1/s1. The van der Waals surface area contributed by atoms with E-state index in [1.54, 1.807) is 16.9 Å². The molecule has 7 nitrogen and oxygen atoms in total. The first-order valence-electron chi connectivity index (χ1n) is 8.41. The SMILES string of the molecule is Cc1cc(C)nc(-n2nccc2NC(=O)[C@@H]2CCO[C@H]2C2CC2)n1. The molecule has 0 radical (unpaired) electrons. The minimum Gasteiger partial charge on any atom is -0.377 e. The van der Waals surface area contributed by atoms with E-state index in [4.69, 9.17) is 4.74 Å². The molecule has 1 amide bonds. The second-order valence-electron chi connectivity index (χ2n) is 6.64. The molecule has 0 unspecified atom stereocenters. The number of aryl methyl sites for hydroxylation is 2. The average molecular weight is 327 g/mol. The van der Waals surface area contributed by atoms with Gasteiger partial charge in [0.1, 0.15) is 5.82 Å². The molecule has 2 aromatic rings. The molecule has 1 aliphatic carbocycles. The number of hydrogen-bond donors (Lipinski definition) is 1. The van der Waals surface area contributed by atoms with Gasteiger partial charge in [-0.05, 0) is 45.1 Å². The number of carbonyl (C=O) groups is 1. The van der Waals surface area contributed by atoms with Crippen molar-refractivity contribution in [1.82, 2.24) is 19.7 Å². The quantitative estimate of drug-likeness (QED) is 0.929. The molecule has 2 atom stereocenters. The van der Waals surface area contributed by atoms with Crippen molar-refractivity contribution in [1.29, 1.82) is 0 Å². The molecule has 3 heterocycles. The van der Waals surface area contributed by atoms with Gasteiger partial charge >= 0.3 is 0 Å². The Morgan fingerprint density at radius 2 is 2.00 bits per heavy atom. The molecule has 126 valence electrons. The first-order chi connectivity index (χ1) is 11.6. The van der Waals surface area contributed by atoms with Crippen molar-refractivity contribution in [3.8, 4) is 5.95 Å². The Morgan fingerprint density at radius 1 is 1.25 bits per heavy atom. The van der Waals surface area contributed by atoms with Crippen LogP contribution >= 0.6 is 0 Å². The molecule has 0 aromatic carbocycles. The van der Waals surface area contributed by atoms with Crippen LogP contribution in [0.2, 0.25) is 0 Å². The first-order valence-corrected chi connectivity index (χ1v) is 8.41. The summed E-state index contributed by atoms with van der Waals surface area (Å²) in [6, 6.07) is 3.67. The van der Waals surface area contributed by atoms with Crippen molar-refractivity contribution in [2.24, 2.45) is 11.8 Å². The second kappa shape index (κ2) is 5.98. The minimum absolute atomic E-state index is 0.00414. The Labute approximate surface area is 140 Å². The maximum atomic E-state index is 12.7. The number of amides is 1. The normalized spacial score (nSPS) is 23.4. The van der Waals surface area contributed by atoms with E-state index < -0.39 is 0 Å². The van der Waals surface area contributed by atoms with Crippen LogP contribution in [0.15, 0.2) is 18.3 Å². The monoisotopic (exact) mass is 327 g/mol. The van der Waals surface area contributed by atoms with Gasteiger partial charge < -0.3 is 10.1 Å². The molecular formula is C17H21N5O2. The number of anilines is 1. The van der Waals surface area contributed by atoms with Crippen LogP contribution in [0, 0.1) is 25.7 Å². The van der Waals surface area contributed by atoms with E-state index in [9.17, 15) is 4.79 Å². The van der Waals surface area contributed by atoms with Crippen molar-refractivity contribution < 1.29 is 9.53 Å². The number of ether oxygens (including phenoxy) is 1. The highest BCUT2D eigenvalue weighted by Gasteiger charge is 2.43.